The van der Waals surface area contributed by atoms with Gasteiger partial charge in [-0.15, -0.1) is 0 Å². The van der Waals surface area contributed by atoms with Gasteiger partial charge in [-0.1, -0.05) is 61.2 Å². The molecule has 0 radical (unpaired) electrons. The molecule has 5 rings (SSSR count). The van der Waals surface area contributed by atoms with Crippen molar-refractivity contribution in [1.29, 1.82) is 0 Å². The molecular formula is C25H20N2. The molecule has 0 spiro atoms. The van der Waals surface area contributed by atoms with Crippen LogP contribution in [0.1, 0.15) is 16.8 Å². The second-order valence-corrected chi connectivity index (χ2v) is 7.11. The molecule has 2 heteroatoms. The average molecular weight is 348 g/mol. The van der Waals surface area contributed by atoms with Gasteiger partial charge in [0.2, 0.25) is 0 Å². The van der Waals surface area contributed by atoms with E-state index >= 15 is 0 Å². The van der Waals surface area contributed by atoms with Crippen LogP contribution in [0, 0.1) is 13.8 Å². The van der Waals surface area contributed by atoms with E-state index in [1.807, 2.05) is 6.08 Å². The molecule has 2 nitrogen and oxygen atoms in total. The van der Waals surface area contributed by atoms with Crippen molar-refractivity contribution in [2.45, 2.75) is 13.8 Å². The van der Waals surface area contributed by atoms with Gasteiger partial charge in [0, 0.05) is 16.2 Å². The number of aromatic nitrogens is 2. The monoisotopic (exact) mass is 348 g/mol. The molecular weight excluding hydrogens is 328 g/mol. The number of nitrogens with zero attached hydrogens (tertiary/aromatic N) is 2. The SMILES string of the molecule is C=Cc1nc(-n2c3cc(C)ccc3c3ccc4ccccc4c32)ccc1C. The van der Waals surface area contributed by atoms with Crippen molar-refractivity contribution < 1.29 is 0 Å². The second-order valence-electron chi connectivity index (χ2n) is 7.11. The zero-order valence-corrected chi connectivity index (χ0v) is 15.5. The Morgan fingerprint density at radius 3 is 2.52 bits per heavy atom. The molecule has 2 heterocycles. The Hall–Kier alpha value is -3.39. The van der Waals surface area contributed by atoms with Gasteiger partial charge in [0.05, 0.1) is 16.7 Å². The fourth-order valence-corrected chi connectivity index (χ4v) is 3.99. The molecule has 0 N–H and O–H groups in total. The largest absolute Gasteiger partial charge is 0.293 e. The molecule has 0 unspecified atom stereocenters. The van der Waals surface area contributed by atoms with Gasteiger partial charge in [-0.2, -0.15) is 0 Å². The van der Waals surface area contributed by atoms with Crippen molar-refractivity contribution >= 4 is 38.7 Å². The summed E-state index contributed by atoms with van der Waals surface area (Å²) >= 11 is 0. The summed E-state index contributed by atoms with van der Waals surface area (Å²) in [6.07, 6.45) is 1.83. The van der Waals surface area contributed by atoms with Gasteiger partial charge < -0.3 is 0 Å². The molecule has 2 aromatic heterocycles. The number of fused-ring (bicyclic) bond motifs is 5. The Bertz CT molecular complexity index is 1360. The van der Waals surface area contributed by atoms with Crippen LogP contribution in [0.15, 0.2) is 73.3 Å². The molecule has 0 fully saturated rings. The van der Waals surface area contributed by atoms with E-state index in [0.717, 1.165) is 17.1 Å². The van der Waals surface area contributed by atoms with Crippen LogP contribution in [-0.4, -0.2) is 9.55 Å². The minimum absolute atomic E-state index is 0.926. The molecule has 27 heavy (non-hydrogen) atoms. The van der Waals surface area contributed by atoms with Gasteiger partial charge in [-0.05, 0) is 48.6 Å². The van der Waals surface area contributed by atoms with E-state index in [1.165, 1.54) is 38.1 Å². The molecule has 0 saturated heterocycles. The highest BCUT2D eigenvalue weighted by molar-refractivity contribution is 6.18. The van der Waals surface area contributed by atoms with Crippen LogP contribution in [0.3, 0.4) is 0 Å². The third-order valence-corrected chi connectivity index (χ3v) is 5.35. The van der Waals surface area contributed by atoms with Gasteiger partial charge in [0.1, 0.15) is 5.82 Å². The number of rotatable bonds is 2. The molecule has 5 aromatic rings. The summed E-state index contributed by atoms with van der Waals surface area (Å²) in [4.78, 5) is 4.91. The topological polar surface area (TPSA) is 17.8 Å². The van der Waals surface area contributed by atoms with Crippen molar-refractivity contribution in [3.05, 3.63) is 90.1 Å². The van der Waals surface area contributed by atoms with E-state index in [2.05, 4.69) is 91.7 Å². The first-order valence-electron chi connectivity index (χ1n) is 9.20. The zero-order chi connectivity index (χ0) is 18.5. The molecule has 0 aliphatic rings. The lowest BCUT2D eigenvalue weighted by atomic mass is 10.1. The van der Waals surface area contributed by atoms with Crippen LogP contribution >= 0.6 is 0 Å². The Morgan fingerprint density at radius 1 is 0.852 bits per heavy atom. The highest BCUT2D eigenvalue weighted by atomic mass is 15.1. The van der Waals surface area contributed by atoms with Crippen molar-refractivity contribution in [1.82, 2.24) is 9.55 Å². The Kier molecular flexibility index (Phi) is 3.41. The first-order valence-corrected chi connectivity index (χ1v) is 9.20. The molecule has 0 amide bonds. The van der Waals surface area contributed by atoms with E-state index in [9.17, 15) is 0 Å². The van der Waals surface area contributed by atoms with E-state index < -0.39 is 0 Å². The van der Waals surface area contributed by atoms with Crippen LogP contribution in [0.25, 0.3) is 44.5 Å². The highest BCUT2D eigenvalue weighted by Gasteiger charge is 2.16. The quantitative estimate of drug-likeness (QED) is 0.352. The lowest BCUT2D eigenvalue weighted by molar-refractivity contribution is 1.06. The van der Waals surface area contributed by atoms with Crippen LogP contribution in [-0.2, 0) is 0 Å². The van der Waals surface area contributed by atoms with Gasteiger partial charge >= 0.3 is 0 Å². The number of benzene rings is 3. The summed E-state index contributed by atoms with van der Waals surface area (Å²) in [7, 11) is 0. The maximum Gasteiger partial charge on any atom is 0.138 e. The summed E-state index contributed by atoms with van der Waals surface area (Å²) < 4.78 is 2.30. The third kappa shape index (κ3) is 2.30. The highest BCUT2D eigenvalue weighted by Crippen LogP contribution is 2.36. The normalized spacial score (nSPS) is 11.5. The maximum absolute atomic E-state index is 4.91. The van der Waals surface area contributed by atoms with Crippen molar-refractivity contribution in [3.8, 4) is 5.82 Å². The van der Waals surface area contributed by atoms with Crippen molar-refractivity contribution in [2.24, 2.45) is 0 Å². The lowest BCUT2D eigenvalue weighted by Crippen LogP contribution is -2.00. The molecule has 0 saturated carbocycles. The standard InChI is InChI=1S/C25H20N2/c1-4-22-17(3)10-14-24(26-22)27-23-15-16(2)9-12-20(23)21-13-11-18-7-5-6-8-19(18)25(21)27/h4-15H,1H2,2-3H3. The average Bonchev–Trinajstić information content (AvgIpc) is 3.02. The third-order valence-electron chi connectivity index (χ3n) is 5.35. The Balaban J connectivity index is 2.03. The summed E-state index contributed by atoms with van der Waals surface area (Å²) in [6.45, 7) is 8.14. The van der Waals surface area contributed by atoms with Crippen LogP contribution < -0.4 is 0 Å². The van der Waals surface area contributed by atoms with E-state index in [1.54, 1.807) is 0 Å². The van der Waals surface area contributed by atoms with Crippen LogP contribution in [0.2, 0.25) is 0 Å². The first-order chi connectivity index (χ1) is 13.2. The Morgan fingerprint density at radius 2 is 1.67 bits per heavy atom. The summed E-state index contributed by atoms with van der Waals surface area (Å²) in [5, 5.41) is 4.99. The zero-order valence-electron chi connectivity index (χ0n) is 15.5. The number of aryl methyl sites for hydroxylation is 2. The summed E-state index contributed by atoms with van der Waals surface area (Å²) in [5.74, 6) is 0.928. The second kappa shape index (κ2) is 5.82. The van der Waals surface area contributed by atoms with Crippen LogP contribution in [0.5, 0.6) is 0 Å². The Labute approximate surface area is 158 Å². The summed E-state index contributed by atoms with van der Waals surface area (Å²) in [5.41, 5.74) is 5.70. The molecule has 0 bridgehead atoms. The van der Waals surface area contributed by atoms with Gasteiger partial charge in [-0.3, -0.25) is 4.57 Å². The summed E-state index contributed by atoms with van der Waals surface area (Å²) in [6, 6.07) is 23.9. The predicted octanol–water partition coefficient (Wildman–Crippen LogP) is 6.59. The van der Waals surface area contributed by atoms with Crippen molar-refractivity contribution in [3.63, 3.8) is 0 Å². The number of hydrogen-bond acceptors (Lipinski definition) is 1. The molecule has 3 aromatic carbocycles. The molecule has 0 aliphatic heterocycles. The van der Waals surface area contributed by atoms with E-state index in [-0.39, 0.29) is 0 Å². The van der Waals surface area contributed by atoms with Crippen LogP contribution in [0.4, 0.5) is 0 Å². The fraction of sp³-hybridized carbons (Fsp3) is 0.0800. The molecule has 130 valence electrons. The molecule has 0 aliphatic carbocycles. The first kappa shape index (κ1) is 15.8. The fourth-order valence-electron chi connectivity index (χ4n) is 3.99. The minimum atomic E-state index is 0.926. The van der Waals surface area contributed by atoms with Gasteiger partial charge in [-0.25, -0.2) is 4.98 Å². The maximum atomic E-state index is 4.91. The predicted molar refractivity (Wildman–Crippen MR) is 116 cm³/mol. The molecule has 0 atom stereocenters. The number of hydrogen-bond donors (Lipinski definition) is 0. The van der Waals surface area contributed by atoms with Gasteiger partial charge in [0.15, 0.2) is 0 Å². The number of pyridine rings is 1. The van der Waals surface area contributed by atoms with Gasteiger partial charge in [0.25, 0.3) is 0 Å². The van der Waals surface area contributed by atoms with E-state index in [0.29, 0.717) is 0 Å². The van der Waals surface area contributed by atoms with Crippen molar-refractivity contribution in [2.75, 3.05) is 0 Å². The smallest absolute Gasteiger partial charge is 0.138 e. The lowest BCUT2D eigenvalue weighted by Gasteiger charge is -2.11. The van der Waals surface area contributed by atoms with E-state index in [4.69, 9.17) is 4.98 Å². The minimum Gasteiger partial charge on any atom is -0.293 e.